The van der Waals surface area contributed by atoms with Crippen LogP contribution in [-0.4, -0.2) is 36.2 Å². The van der Waals surface area contributed by atoms with Crippen molar-refractivity contribution in [3.63, 3.8) is 0 Å². The monoisotopic (exact) mass is 211 g/mol. The van der Waals surface area contributed by atoms with Crippen LogP contribution in [0.2, 0.25) is 0 Å². The van der Waals surface area contributed by atoms with Gasteiger partial charge in [-0.15, -0.1) is 0 Å². The van der Waals surface area contributed by atoms with Crippen molar-refractivity contribution in [3.05, 3.63) is 23.5 Å². The molecule has 6 nitrogen and oxygen atoms in total. The molecule has 0 bridgehead atoms. The lowest BCUT2D eigenvalue weighted by molar-refractivity contribution is 0.0549. The van der Waals surface area contributed by atoms with E-state index in [-0.39, 0.29) is 17.0 Å². The molecule has 15 heavy (non-hydrogen) atoms. The lowest BCUT2D eigenvalue weighted by Crippen LogP contribution is -2.13. The average Bonchev–Trinajstić information content (AvgIpc) is 2.26. The Morgan fingerprint density at radius 2 is 1.87 bits per heavy atom. The van der Waals surface area contributed by atoms with Gasteiger partial charge in [0.15, 0.2) is 5.69 Å². The number of aromatic nitrogens is 1. The lowest BCUT2D eigenvalue weighted by atomic mass is 10.2. The zero-order valence-electron chi connectivity index (χ0n) is 8.18. The standard InChI is InChI=1S/C9H9NO5/c1-14-8(12)6-3-5(11)4-10-7(6)9(13)15-2/h3-4,11H,1-2H3. The van der Waals surface area contributed by atoms with Crippen LogP contribution in [0.15, 0.2) is 12.3 Å². The van der Waals surface area contributed by atoms with Crippen LogP contribution in [0.5, 0.6) is 5.75 Å². The molecular weight excluding hydrogens is 202 g/mol. The van der Waals surface area contributed by atoms with Gasteiger partial charge in [0.25, 0.3) is 0 Å². The number of aromatic hydroxyl groups is 1. The number of nitrogens with zero attached hydrogens (tertiary/aromatic N) is 1. The second-order valence-corrected chi connectivity index (χ2v) is 2.57. The van der Waals surface area contributed by atoms with Gasteiger partial charge in [-0.25, -0.2) is 14.6 Å². The summed E-state index contributed by atoms with van der Waals surface area (Å²) >= 11 is 0. The van der Waals surface area contributed by atoms with Gasteiger partial charge in [-0.05, 0) is 6.07 Å². The van der Waals surface area contributed by atoms with Crippen LogP contribution in [0, 0.1) is 0 Å². The van der Waals surface area contributed by atoms with Crippen LogP contribution in [0.3, 0.4) is 0 Å². The first-order chi connectivity index (χ1) is 7.10. The number of ether oxygens (including phenoxy) is 2. The number of rotatable bonds is 2. The summed E-state index contributed by atoms with van der Waals surface area (Å²) in [5, 5.41) is 9.11. The maximum Gasteiger partial charge on any atom is 0.357 e. The van der Waals surface area contributed by atoms with E-state index in [2.05, 4.69) is 14.5 Å². The number of esters is 2. The number of pyridine rings is 1. The summed E-state index contributed by atoms with van der Waals surface area (Å²) in [5.74, 6) is -1.77. The van der Waals surface area contributed by atoms with E-state index in [1.165, 1.54) is 0 Å². The molecule has 0 aromatic carbocycles. The molecule has 6 heteroatoms. The van der Waals surface area contributed by atoms with Crippen LogP contribution >= 0.6 is 0 Å². The first-order valence-corrected chi connectivity index (χ1v) is 3.95. The van der Waals surface area contributed by atoms with Gasteiger partial charge in [0, 0.05) is 0 Å². The highest BCUT2D eigenvalue weighted by Crippen LogP contribution is 2.15. The van der Waals surface area contributed by atoms with E-state index < -0.39 is 11.9 Å². The minimum Gasteiger partial charge on any atom is -0.506 e. The molecule has 1 aromatic heterocycles. The van der Waals surface area contributed by atoms with Gasteiger partial charge in [0.05, 0.1) is 26.0 Å². The third-order valence-electron chi connectivity index (χ3n) is 1.66. The van der Waals surface area contributed by atoms with Crippen LogP contribution < -0.4 is 0 Å². The topological polar surface area (TPSA) is 85.7 Å². The molecule has 1 heterocycles. The first kappa shape index (κ1) is 11.0. The molecule has 0 atom stereocenters. The summed E-state index contributed by atoms with van der Waals surface area (Å²) in [4.78, 5) is 26.0. The van der Waals surface area contributed by atoms with E-state index in [1.54, 1.807) is 0 Å². The molecular formula is C9H9NO5. The molecule has 0 saturated heterocycles. The Kier molecular flexibility index (Phi) is 3.22. The molecule has 0 saturated carbocycles. The Morgan fingerprint density at radius 1 is 1.27 bits per heavy atom. The molecule has 1 rings (SSSR count). The summed E-state index contributed by atoms with van der Waals surface area (Å²) in [6.45, 7) is 0. The highest BCUT2D eigenvalue weighted by Gasteiger charge is 2.20. The van der Waals surface area contributed by atoms with E-state index in [1.807, 2.05) is 0 Å². The predicted octanol–water partition coefficient (Wildman–Crippen LogP) is 0.360. The Labute approximate surface area is 85.5 Å². The predicted molar refractivity (Wildman–Crippen MR) is 48.6 cm³/mol. The molecule has 1 aromatic rings. The number of carbonyl (C=O) groups excluding carboxylic acids is 2. The third kappa shape index (κ3) is 2.22. The minimum absolute atomic E-state index is 0.135. The fourth-order valence-corrected chi connectivity index (χ4v) is 0.979. The van der Waals surface area contributed by atoms with Crippen LogP contribution in [0.1, 0.15) is 20.8 Å². The largest absolute Gasteiger partial charge is 0.506 e. The summed E-state index contributed by atoms with van der Waals surface area (Å²) in [6.07, 6.45) is 1.04. The summed E-state index contributed by atoms with van der Waals surface area (Å²) in [7, 11) is 2.32. The molecule has 80 valence electrons. The number of hydrogen-bond donors (Lipinski definition) is 1. The maximum absolute atomic E-state index is 11.2. The zero-order chi connectivity index (χ0) is 11.4. The van der Waals surface area contributed by atoms with Crippen molar-refractivity contribution in [1.29, 1.82) is 0 Å². The smallest absolute Gasteiger partial charge is 0.357 e. The van der Waals surface area contributed by atoms with Crippen LogP contribution in [0.25, 0.3) is 0 Å². The van der Waals surface area contributed by atoms with Gasteiger partial charge in [-0.2, -0.15) is 0 Å². The number of hydrogen-bond acceptors (Lipinski definition) is 6. The van der Waals surface area contributed by atoms with Crippen molar-refractivity contribution in [2.45, 2.75) is 0 Å². The quantitative estimate of drug-likeness (QED) is 0.711. The lowest BCUT2D eigenvalue weighted by Gasteiger charge is -2.05. The van der Waals surface area contributed by atoms with Gasteiger partial charge >= 0.3 is 11.9 Å². The van der Waals surface area contributed by atoms with E-state index >= 15 is 0 Å². The van der Waals surface area contributed by atoms with Gasteiger partial charge in [-0.3, -0.25) is 0 Å². The van der Waals surface area contributed by atoms with Crippen molar-refractivity contribution in [1.82, 2.24) is 4.98 Å². The molecule has 0 radical (unpaired) electrons. The van der Waals surface area contributed by atoms with Crippen LogP contribution in [-0.2, 0) is 9.47 Å². The fraction of sp³-hybridized carbons (Fsp3) is 0.222. The van der Waals surface area contributed by atoms with Crippen molar-refractivity contribution in [2.24, 2.45) is 0 Å². The molecule has 0 aliphatic heterocycles. The molecule has 0 spiro atoms. The Bertz CT molecular complexity index is 401. The minimum atomic E-state index is -0.768. The fourth-order valence-electron chi connectivity index (χ4n) is 0.979. The van der Waals surface area contributed by atoms with E-state index in [9.17, 15) is 9.59 Å². The zero-order valence-corrected chi connectivity index (χ0v) is 8.18. The molecule has 0 aliphatic rings. The number of carbonyl (C=O) groups is 2. The van der Waals surface area contributed by atoms with Crippen molar-refractivity contribution >= 4 is 11.9 Å². The normalized spacial score (nSPS) is 9.47. The Balaban J connectivity index is 3.26. The molecule has 0 aliphatic carbocycles. The van der Waals surface area contributed by atoms with Crippen molar-refractivity contribution < 1.29 is 24.2 Å². The SMILES string of the molecule is COC(=O)c1cc(O)cnc1C(=O)OC. The first-order valence-electron chi connectivity index (χ1n) is 3.95. The molecule has 0 amide bonds. The summed E-state index contributed by atoms with van der Waals surface area (Å²) < 4.78 is 8.85. The van der Waals surface area contributed by atoms with Gasteiger partial charge in [-0.1, -0.05) is 0 Å². The molecule has 1 N–H and O–H groups in total. The third-order valence-corrected chi connectivity index (χ3v) is 1.66. The Hall–Kier alpha value is -2.11. The van der Waals surface area contributed by atoms with Crippen molar-refractivity contribution in [3.8, 4) is 5.75 Å². The van der Waals surface area contributed by atoms with E-state index in [4.69, 9.17) is 5.11 Å². The van der Waals surface area contributed by atoms with Gasteiger partial charge < -0.3 is 14.6 Å². The molecule has 0 fully saturated rings. The van der Waals surface area contributed by atoms with Gasteiger partial charge in [0.2, 0.25) is 0 Å². The summed E-state index contributed by atoms with van der Waals surface area (Å²) in [5.41, 5.74) is -0.327. The van der Waals surface area contributed by atoms with Crippen molar-refractivity contribution in [2.75, 3.05) is 14.2 Å². The second-order valence-electron chi connectivity index (χ2n) is 2.57. The Morgan fingerprint density at radius 3 is 2.40 bits per heavy atom. The highest BCUT2D eigenvalue weighted by molar-refractivity contribution is 6.01. The van der Waals surface area contributed by atoms with Crippen LogP contribution in [0.4, 0.5) is 0 Å². The van der Waals surface area contributed by atoms with E-state index in [0.717, 1.165) is 26.5 Å². The summed E-state index contributed by atoms with van der Waals surface area (Å²) in [6, 6.07) is 1.09. The van der Waals surface area contributed by atoms with Gasteiger partial charge in [0.1, 0.15) is 5.75 Å². The van der Waals surface area contributed by atoms with E-state index in [0.29, 0.717) is 0 Å². The molecule has 0 unspecified atom stereocenters. The number of methoxy groups -OCH3 is 2. The highest BCUT2D eigenvalue weighted by atomic mass is 16.5. The maximum atomic E-state index is 11.2. The second kappa shape index (κ2) is 4.41. The average molecular weight is 211 g/mol.